The number of ether oxygens (including phenoxy) is 3. The molecular formula is C32H39N2O5Si. The van der Waals surface area contributed by atoms with Gasteiger partial charge in [-0.05, 0) is 68.3 Å². The molecule has 1 saturated heterocycles. The van der Waals surface area contributed by atoms with Crippen molar-refractivity contribution in [3.05, 3.63) is 64.3 Å². The Hall–Kier alpha value is -2.96. The lowest BCUT2D eigenvalue weighted by molar-refractivity contribution is -0.160. The van der Waals surface area contributed by atoms with Crippen LogP contribution in [0.3, 0.4) is 0 Å². The molecule has 40 heavy (non-hydrogen) atoms. The van der Waals surface area contributed by atoms with E-state index in [-0.39, 0.29) is 29.5 Å². The standard InChI is InChI=1S/C32H39N2O5Si/c1-30(2,3)29(39-40(8)9)27-24(37-32(6,7)38-27)17-36-19-11-13-20-22(15-19)31(4,5)28-25(26(20)35)21-12-10-18(16-33)14-23(21)34-28/h10-15,24,27,29,34H,17H2,1-9H3/t24-,27+,29?/m1/s1. The molecule has 0 bridgehead atoms. The predicted molar refractivity (Wildman–Crippen MR) is 156 cm³/mol. The highest BCUT2D eigenvalue weighted by molar-refractivity contribution is 6.48. The second-order valence-electron chi connectivity index (χ2n) is 13.2. The molecule has 1 aliphatic heterocycles. The fourth-order valence-electron chi connectivity index (χ4n) is 5.99. The van der Waals surface area contributed by atoms with Gasteiger partial charge in [-0.3, -0.25) is 4.79 Å². The average Bonchev–Trinajstić information content (AvgIpc) is 3.40. The minimum atomic E-state index is -0.972. The largest absolute Gasteiger partial charge is 0.491 e. The van der Waals surface area contributed by atoms with Crippen molar-refractivity contribution in [3.8, 4) is 11.8 Å². The van der Waals surface area contributed by atoms with Gasteiger partial charge in [-0.1, -0.05) is 40.7 Å². The average molecular weight is 560 g/mol. The van der Waals surface area contributed by atoms with Gasteiger partial charge in [-0.15, -0.1) is 0 Å². The zero-order valence-electron chi connectivity index (χ0n) is 24.9. The molecule has 2 aromatic carbocycles. The number of hydrogen-bond donors (Lipinski definition) is 1. The molecule has 7 nitrogen and oxygen atoms in total. The summed E-state index contributed by atoms with van der Waals surface area (Å²) in [7, 11) is -0.972. The van der Waals surface area contributed by atoms with Gasteiger partial charge in [0.2, 0.25) is 9.04 Å². The molecule has 1 aromatic heterocycles. The van der Waals surface area contributed by atoms with Crippen molar-refractivity contribution in [1.29, 1.82) is 5.26 Å². The van der Waals surface area contributed by atoms with Crippen LogP contribution in [0.25, 0.3) is 10.9 Å². The van der Waals surface area contributed by atoms with Crippen molar-refractivity contribution < 1.29 is 23.4 Å². The van der Waals surface area contributed by atoms with Gasteiger partial charge < -0.3 is 23.6 Å². The van der Waals surface area contributed by atoms with E-state index in [1.807, 2.05) is 38.1 Å². The number of aromatic amines is 1. The number of carbonyl (C=O) groups excluding carboxylic acids is 1. The van der Waals surface area contributed by atoms with Crippen molar-refractivity contribution in [1.82, 2.24) is 4.98 Å². The van der Waals surface area contributed by atoms with E-state index in [9.17, 15) is 10.1 Å². The van der Waals surface area contributed by atoms with Crippen molar-refractivity contribution in [2.45, 2.75) is 91.1 Å². The number of nitriles is 1. The van der Waals surface area contributed by atoms with Gasteiger partial charge in [0.25, 0.3) is 0 Å². The third-order valence-electron chi connectivity index (χ3n) is 7.84. The summed E-state index contributed by atoms with van der Waals surface area (Å²) in [5, 5.41) is 10.2. The summed E-state index contributed by atoms with van der Waals surface area (Å²) in [6, 6.07) is 13.3. The maximum atomic E-state index is 13.7. The van der Waals surface area contributed by atoms with Crippen molar-refractivity contribution >= 4 is 25.7 Å². The van der Waals surface area contributed by atoms with Gasteiger partial charge in [-0.2, -0.15) is 5.26 Å². The third-order valence-corrected chi connectivity index (χ3v) is 8.56. The molecule has 2 heterocycles. The number of carbonyl (C=O) groups is 1. The third kappa shape index (κ3) is 5.01. The zero-order chi connectivity index (χ0) is 29.2. The first kappa shape index (κ1) is 28.6. The van der Waals surface area contributed by atoms with Gasteiger partial charge in [0.05, 0.1) is 23.3 Å². The summed E-state index contributed by atoms with van der Waals surface area (Å²) in [4.78, 5) is 17.1. The lowest BCUT2D eigenvalue weighted by Gasteiger charge is -2.37. The number of hydrogen-bond acceptors (Lipinski definition) is 6. The summed E-state index contributed by atoms with van der Waals surface area (Å²) in [6.45, 7) is 19.1. The Morgan fingerprint density at radius 3 is 2.48 bits per heavy atom. The number of benzene rings is 2. The van der Waals surface area contributed by atoms with E-state index in [1.165, 1.54) is 0 Å². The smallest absolute Gasteiger partial charge is 0.205 e. The fraction of sp³-hybridized carbons (Fsp3) is 0.500. The summed E-state index contributed by atoms with van der Waals surface area (Å²) in [5.74, 6) is -0.105. The van der Waals surface area contributed by atoms with Gasteiger partial charge >= 0.3 is 0 Å². The molecule has 0 spiro atoms. The molecule has 1 radical (unpaired) electrons. The molecule has 2 aliphatic rings. The molecular weight excluding hydrogens is 520 g/mol. The highest BCUT2D eigenvalue weighted by atomic mass is 28.3. The van der Waals surface area contributed by atoms with Gasteiger partial charge in [-0.25, -0.2) is 0 Å². The molecule has 1 unspecified atom stereocenters. The molecule has 0 saturated carbocycles. The predicted octanol–water partition coefficient (Wildman–Crippen LogP) is 6.49. The Morgan fingerprint density at radius 1 is 1.10 bits per heavy atom. The highest BCUT2D eigenvalue weighted by Crippen LogP contribution is 2.45. The van der Waals surface area contributed by atoms with E-state index in [4.69, 9.17) is 18.6 Å². The van der Waals surface area contributed by atoms with E-state index < -0.39 is 20.2 Å². The summed E-state index contributed by atoms with van der Waals surface area (Å²) in [6.07, 6.45) is -0.743. The van der Waals surface area contributed by atoms with E-state index in [1.54, 1.807) is 12.1 Å². The quantitative estimate of drug-likeness (QED) is 0.347. The highest BCUT2D eigenvalue weighted by Gasteiger charge is 2.49. The minimum absolute atomic E-state index is 0.0249. The lowest BCUT2D eigenvalue weighted by Crippen LogP contribution is -2.48. The van der Waals surface area contributed by atoms with E-state index in [0.717, 1.165) is 22.2 Å². The van der Waals surface area contributed by atoms with Crippen LogP contribution in [0.15, 0.2) is 36.4 Å². The number of fused-ring (bicyclic) bond motifs is 4. The Bertz CT molecular complexity index is 1510. The molecule has 0 amide bonds. The SMILES string of the molecule is C[Si](C)OC([C@H]1OC(C)(C)O[C@@H]1COc1ccc2c(c1)C(C)(C)c1[nH]c3cc(C#N)ccc3c1C2=O)C(C)(C)C. The topological polar surface area (TPSA) is 93.6 Å². The molecule has 5 rings (SSSR count). The molecule has 1 aliphatic carbocycles. The number of aromatic nitrogens is 1. The van der Waals surface area contributed by atoms with Crippen molar-refractivity contribution in [3.63, 3.8) is 0 Å². The monoisotopic (exact) mass is 559 g/mol. The van der Waals surface area contributed by atoms with Crippen molar-refractivity contribution in [2.24, 2.45) is 5.41 Å². The van der Waals surface area contributed by atoms with Crippen LogP contribution < -0.4 is 4.74 Å². The van der Waals surface area contributed by atoms with Crippen LogP contribution in [0.2, 0.25) is 13.1 Å². The fourth-order valence-corrected chi connectivity index (χ4v) is 6.98. The van der Waals surface area contributed by atoms with Crippen LogP contribution in [0.4, 0.5) is 0 Å². The first-order valence-corrected chi connectivity index (χ1v) is 16.2. The molecule has 8 heteroatoms. The summed E-state index contributed by atoms with van der Waals surface area (Å²) < 4.78 is 25.5. The molecule has 3 aromatic rings. The van der Waals surface area contributed by atoms with Crippen molar-refractivity contribution in [2.75, 3.05) is 6.61 Å². The molecule has 1 N–H and O–H groups in total. The molecule has 211 valence electrons. The van der Waals surface area contributed by atoms with E-state index in [0.29, 0.717) is 29.0 Å². The van der Waals surface area contributed by atoms with Crippen LogP contribution >= 0.6 is 0 Å². The van der Waals surface area contributed by atoms with Gasteiger partial charge in [0.1, 0.15) is 24.6 Å². The normalized spacial score (nSPS) is 22.2. The Labute approximate surface area is 238 Å². The molecule has 3 atom stereocenters. The first-order valence-electron chi connectivity index (χ1n) is 13.8. The number of ketones is 1. The minimum Gasteiger partial charge on any atom is -0.491 e. The summed E-state index contributed by atoms with van der Waals surface area (Å²) in [5.41, 5.74) is 3.81. The van der Waals surface area contributed by atoms with E-state index in [2.05, 4.69) is 58.8 Å². The van der Waals surface area contributed by atoms with Gasteiger partial charge in [0, 0.05) is 27.6 Å². The second kappa shape index (κ2) is 9.84. The molecule has 1 fully saturated rings. The Balaban J connectivity index is 1.44. The zero-order valence-corrected chi connectivity index (χ0v) is 25.9. The van der Waals surface area contributed by atoms with Gasteiger partial charge in [0.15, 0.2) is 11.6 Å². The van der Waals surface area contributed by atoms with Crippen LogP contribution in [-0.2, 0) is 19.3 Å². The number of nitrogens with zero attached hydrogens (tertiary/aromatic N) is 1. The number of nitrogens with one attached hydrogen (secondary N) is 1. The summed E-state index contributed by atoms with van der Waals surface area (Å²) >= 11 is 0. The maximum Gasteiger partial charge on any atom is 0.205 e. The Kier molecular flexibility index (Phi) is 7.03. The Morgan fingerprint density at radius 2 is 1.82 bits per heavy atom. The maximum absolute atomic E-state index is 13.7. The van der Waals surface area contributed by atoms with E-state index >= 15 is 0 Å². The van der Waals surface area contributed by atoms with Crippen LogP contribution in [-0.4, -0.2) is 50.5 Å². The van der Waals surface area contributed by atoms with Crippen LogP contribution in [0.1, 0.15) is 81.2 Å². The first-order chi connectivity index (χ1) is 18.6. The number of H-pyrrole nitrogens is 1. The number of rotatable bonds is 6. The second-order valence-corrected chi connectivity index (χ2v) is 15.2. The van der Waals surface area contributed by atoms with Crippen LogP contribution in [0.5, 0.6) is 5.75 Å². The lowest BCUT2D eigenvalue weighted by atomic mass is 9.71. The van der Waals surface area contributed by atoms with Crippen LogP contribution in [0, 0.1) is 16.7 Å².